The number of rotatable bonds is 4. The summed E-state index contributed by atoms with van der Waals surface area (Å²) in [6.45, 7) is 2.22. The van der Waals surface area contributed by atoms with Gasteiger partial charge in [0.15, 0.2) is 6.61 Å². The van der Waals surface area contributed by atoms with Crippen LogP contribution in [0, 0.1) is 5.82 Å². The van der Waals surface area contributed by atoms with Crippen LogP contribution in [0.4, 0.5) is 10.1 Å². The summed E-state index contributed by atoms with van der Waals surface area (Å²) in [5.41, 5.74) is 5.34. The number of carbonyl (C=O) groups is 1. The molecule has 82 valence electrons. The fraction of sp³-hybridized carbons (Fsp3) is 0.300. The molecule has 0 spiro atoms. The number of hydrogen-bond donors (Lipinski definition) is 2. The van der Waals surface area contributed by atoms with Gasteiger partial charge in [-0.3, -0.25) is 4.79 Å². The summed E-state index contributed by atoms with van der Waals surface area (Å²) in [5, 5.41) is 2.56. The molecule has 1 aromatic rings. The van der Waals surface area contributed by atoms with Gasteiger partial charge in [0.2, 0.25) is 0 Å². The average molecular weight is 212 g/mol. The van der Waals surface area contributed by atoms with E-state index in [1.165, 1.54) is 12.1 Å². The fourth-order valence-electron chi connectivity index (χ4n) is 0.995. The van der Waals surface area contributed by atoms with Crippen LogP contribution >= 0.6 is 0 Å². The SMILES string of the molecule is CCNC(=O)COc1ccc(N)c(F)c1. The van der Waals surface area contributed by atoms with Crippen LogP contribution in [-0.4, -0.2) is 19.1 Å². The molecular formula is C10H13FN2O2. The number of nitrogens with one attached hydrogen (secondary N) is 1. The second-order valence-corrected chi connectivity index (χ2v) is 2.93. The van der Waals surface area contributed by atoms with E-state index in [4.69, 9.17) is 10.5 Å². The van der Waals surface area contributed by atoms with Gasteiger partial charge in [0, 0.05) is 12.6 Å². The van der Waals surface area contributed by atoms with Gasteiger partial charge < -0.3 is 15.8 Å². The minimum Gasteiger partial charge on any atom is -0.484 e. The first-order chi connectivity index (χ1) is 7.13. The van der Waals surface area contributed by atoms with Crippen LogP contribution in [0.3, 0.4) is 0 Å². The Kier molecular flexibility index (Phi) is 3.91. The van der Waals surface area contributed by atoms with Gasteiger partial charge >= 0.3 is 0 Å². The lowest BCUT2D eigenvalue weighted by Gasteiger charge is -2.06. The predicted octanol–water partition coefficient (Wildman–Crippen LogP) is 0.923. The number of anilines is 1. The van der Waals surface area contributed by atoms with Crippen LogP contribution in [0.25, 0.3) is 0 Å². The number of benzene rings is 1. The minimum absolute atomic E-state index is 0.0559. The monoisotopic (exact) mass is 212 g/mol. The van der Waals surface area contributed by atoms with Crippen molar-refractivity contribution >= 4 is 11.6 Å². The molecule has 0 aliphatic heterocycles. The maximum atomic E-state index is 12.9. The van der Waals surface area contributed by atoms with Gasteiger partial charge in [-0.1, -0.05) is 0 Å². The number of halogens is 1. The van der Waals surface area contributed by atoms with Crippen molar-refractivity contribution in [2.24, 2.45) is 0 Å². The zero-order valence-corrected chi connectivity index (χ0v) is 8.42. The number of ether oxygens (including phenoxy) is 1. The number of amides is 1. The van der Waals surface area contributed by atoms with E-state index in [-0.39, 0.29) is 24.0 Å². The molecule has 15 heavy (non-hydrogen) atoms. The largest absolute Gasteiger partial charge is 0.484 e. The second kappa shape index (κ2) is 5.19. The Hall–Kier alpha value is -1.78. The number of hydrogen-bond acceptors (Lipinski definition) is 3. The number of nitrogen functional groups attached to an aromatic ring is 1. The predicted molar refractivity (Wildman–Crippen MR) is 55.0 cm³/mol. The Morgan fingerprint density at radius 1 is 1.60 bits per heavy atom. The Bertz CT molecular complexity index is 355. The van der Waals surface area contributed by atoms with E-state index in [0.29, 0.717) is 6.54 Å². The molecule has 1 amide bonds. The molecule has 0 saturated heterocycles. The van der Waals surface area contributed by atoms with Gasteiger partial charge in [0.25, 0.3) is 5.91 Å². The number of carbonyl (C=O) groups excluding carboxylic acids is 1. The molecule has 0 aliphatic carbocycles. The van der Waals surface area contributed by atoms with E-state index in [1.807, 2.05) is 0 Å². The molecule has 4 nitrogen and oxygen atoms in total. The molecular weight excluding hydrogens is 199 g/mol. The highest BCUT2D eigenvalue weighted by atomic mass is 19.1. The Labute approximate surface area is 87.2 Å². The topological polar surface area (TPSA) is 64.3 Å². The van der Waals surface area contributed by atoms with Crippen LogP contribution in [0.15, 0.2) is 18.2 Å². The smallest absolute Gasteiger partial charge is 0.257 e. The van der Waals surface area contributed by atoms with E-state index in [0.717, 1.165) is 6.07 Å². The lowest BCUT2D eigenvalue weighted by molar-refractivity contribution is -0.122. The Morgan fingerprint density at radius 2 is 2.33 bits per heavy atom. The minimum atomic E-state index is -0.552. The third-order valence-corrected chi connectivity index (χ3v) is 1.72. The normalized spacial score (nSPS) is 9.73. The summed E-state index contributed by atoms with van der Waals surface area (Å²) >= 11 is 0. The highest BCUT2D eigenvalue weighted by molar-refractivity contribution is 5.77. The van der Waals surface area contributed by atoms with Crippen LogP contribution in [-0.2, 0) is 4.79 Å². The van der Waals surface area contributed by atoms with E-state index in [9.17, 15) is 9.18 Å². The molecule has 0 aliphatic rings. The number of likely N-dealkylation sites (N-methyl/N-ethyl adjacent to an activating group) is 1. The van der Waals surface area contributed by atoms with E-state index in [2.05, 4.69) is 5.32 Å². The molecule has 0 aromatic heterocycles. The van der Waals surface area contributed by atoms with Gasteiger partial charge in [-0.25, -0.2) is 4.39 Å². The highest BCUT2D eigenvalue weighted by Gasteiger charge is 2.03. The highest BCUT2D eigenvalue weighted by Crippen LogP contribution is 2.17. The van der Waals surface area contributed by atoms with Gasteiger partial charge in [-0.05, 0) is 19.1 Å². The first kappa shape index (κ1) is 11.3. The van der Waals surface area contributed by atoms with Crippen LogP contribution in [0.5, 0.6) is 5.75 Å². The molecule has 0 fully saturated rings. The van der Waals surface area contributed by atoms with Gasteiger partial charge in [0.1, 0.15) is 11.6 Å². The van der Waals surface area contributed by atoms with Gasteiger partial charge in [-0.15, -0.1) is 0 Å². The second-order valence-electron chi connectivity index (χ2n) is 2.93. The maximum absolute atomic E-state index is 12.9. The van der Waals surface area contributed by atoms with Gasteiger partial charge in [-0.2, -0.15) is 0 Å². The van der Waals surface area contributed by atoms with Crippen molar-refractivity contribution in [3.8, 4) is 5.75 Å². The Balaban J connectivity index is 2.51. The molecule has 1 rings (SSSR count). The van der Waals surface area contributed by atoms with E-state index < -0.39 is 5.82 Å². The third-order valence-electron chi connectivity index (χ3n) is 1.72. The van der Waals surface area contributed by atoms with E-state index >= 15 is 0 Å². The van der Waals surface area contributed by atoms with Crippen molar-refractivity contribution < 1.29 is 13.9 Å². The van der Waals surface area contributed by atoms with Crippen LogP contribution in [0.2, 0.25) is 0 Å². The lowest BCUT2D eigenvalue weighted by Crippen LogP contribution is -2.28. The van der Waals surface area contributed by atoms with Crippen molar-refractivity contribution in [3.63, 3.8) is 0 Å². The number of nitrogens with two attached hydrogens (primary N) is 1. The van der Waals surface area contributed by atoms with Crippen molar-refractivity contribution in [2.45, 2.75) is 6.92 Å². The molecule has 0 atom stereocenters. The summed E-state index contributed by atoms with van der Waals surface area (Å²) < 4.78 is 18.0. The van der Waals surface area contributed by atoms with Crippen LogP contribution in [0.1, 0.15) is 6.92 Å². The standard InChI is InChI=1S/C10H13FN2O2/c1-2-13-10(14)6-15-7-3-4-9(12)8(11)5-7/h3-5H,2,6,12H2,1H3,(H,13,14). The van der Waals surface area contributed by atoms with Crippen molar-refractivity contribution in [1.29, 1.82) is 0 Å². The summed E-state index contributed by atoms with van der Waals surface area (Å²) in [6.07, 6.45) is 0. The van der Waals surface area contributed by atoms with E-state index in [1.54, 1.807) is 6.92 Å². The molecule has 0 heterocycles. The fourth-order valence-corrected chi connectivity index (χ4v) is 0.995. The molecule has 5 heteroatoms. The molecule has 3 N–H and O–H groups in total. The molecule has 0 saturated carbocycles. The maximum Gasteiger partial charge on any atom is 0.257 e. The third kappa shape index (κ3) is 3.46. The molecule has 0 bridgehead atoms. The van der Waals surface area contributed by atoms with Crippen molar-refractivity contribution in [3.05, 3.63) is 24.0 Å². The van der Waals surface area contributed by atoms with Gasteiger partial charge in [0.05, 0.1) is 5.69 Å². The molecule has 0 radical (unpaired) electrons. The lowest BCUT2D eigenvalue weighted by atomic mass is 10.3. The molecule has 1 aromatic carbocycles. The van der Waals surface area contributed by atoms with Crippen molar-refractivity contribution in [1.82, 2.24) is 5.32 Å². The zero-order chi connectivity index (χ0) is 11.3. The quantitative estimate of drug-likeness (QED) is 0.729. The average Bonchev–Trinajstić information content (AvgIpc) is 2.20. The first-order valence-corrected chi connectivity index (χ1v) is 4.58. The zero-order valence-electron chi connectivity index (χ0n) is 8.42. The van der Waals surface area contributed by atoms with Crippen molar-refractivity contribution in [2.75, 3.05) is 18.9 Å². The summed E-state index contributed by atoms with van der Waals surface area (Å²) in [5.74, 6) is -0.508. The molecule has 0 unspecified atom stereocenters. The summed E-state index contributed by atoms with van der Waals surface area (Å²) in [7, 11) is 0. The first-order valence-electron chi connectivity index (χ1n) is 4.58. The summed E-state index contributed by atoms with van der Waals surface area (Å²) in [4.78, 5) is 11.0. The summed E-state index contributed by atoms with van der Waals surface area (Å²) in [6, 6.07) is 4.05. The Morgan fingerprint density at radius 3 is 2.93 bits per heavy atom. The van der Waals surface area contributed by atoms with Crippen LogP contribution < -0.4 is 15.8 Å².